The van der Waals surface area contributed by atoms with E-state index in [0.29, 0.717) is 4.32 Å². The monoisotopic (exact) mass is 301 g/mol. The van der Waals surface area contributed by atoms with E-state index >= 15 is 0 Å². The first-order chi connectivity index (χ1) is 8.38. The average molecular weight is 301 g/mol. The predicted molar refractivity (Wildman–Crippen MR) is 72.6 cm³/mol. The number of benzene rings is 1. The van der Waals surface area contributed by atoms with Crippen molar-refractivity contribution in [2.75, 3.05) is 0 Å². The first-order valence-electron chi connectivity index (χ1n) is 4.69. The van der Waals surface area contributed by atoms with Crippen LogP contribution in [0.4, 0.5) is 0 Å². The van der Waals surface area contributed by atoms with Gasteiger partial charge in [0.2, 0.25) is 0 Å². The first kappa shape index (κ1) is 13.2. The summed E-state index contributed by atoms with van der Waals surface area (Å²) in [7, 11) is -4.32. The van der Waals surface area contributed by atoms with Crippen LogP contribution < -0.4 is 5.32 Å². The molecule has 0 radical (unpaired) electrons. The molecule has 0 unspecified atom stereocenters. The summed E-state index contributed by atoms with van der Waals surface area (Å²) < 4.78 is 31.7. The number of carbonyl (C=O) groups is 1. The molecule has 2 rings (SSSR count). The van der Waals surface area contributed by atoms with E-state index in [9.17, 15) is 13.2 Å². The second-order valence-electron chi connectivity index (χ2n) is 3.37. The largest absolute Gasteiger partial charge is 0.307 e. The van der Waals surface area contributed by atoms with Gasteiger partial charge < -0.3 is 5.32 Å². The fraction of sp³-hybridized carbons (Fsp3) is 0. The van der Waals surface area contributed by atoms with Crippen molar-refractivity contribution in [2.24, 2.45) is 0 Å². The minimum atomic E-state index is -4.32. The van der Waals surface area contributed by atoms with Gasteiger partial charge in [0.1, 0.15) is 9.22 Å². The Balaban J connectivity index is 2.51. The van der Waals surface area contributed by atoms with Crippen molar-refractivity contribution < 1.29 is 17.8 Å². The molecule has 1 heterocycles. The lowest BCUT2D eigenvalue weighted by atomic mass is 10.2. The maximum absolute atomic E-state index is 11.5. The van der Waals surface area contributed by atoms with Crippen LogP contribution in [0.1, 0.15) is 5.56 Å². The maximum Gasteiger partial charge on any atom is 0.295 e. The molecule has 1 fully saturated rings. The normalized spacial score (nSPS) is 18.2. The highest BCUT2D eigenvalue weighted by Crippen LogP contribution is 2.27. The van der Waals surface area contributed by atoms with E-state index in [-0.39, 0.29) is 21.3 Å². The third-order valence-electron chi connectivity index (χ3n) is 2.13. The van der Waals surface area contributed by atoms with Crippen LogP contribution in [0.5, 0.6) is 0 Å². The highest BCUT2D eigenvalue weighted by Gasteiger charge is 2.23. The van der Waals surface area contributed by atoms with E-state index < -0.39 is 10.1 Å². The van der Waals surface area contributed by atoms with Crippen LogP contribution in [0, 0.1) is 0 Å². The van der Waals surface area contributed by atoms with Crippen molar-refractivity contribution in [1.29, 1.82) is 0 Å². The molecule has 8 heteroatoms. The van der Waals surface area contributed by atoms with Crippen LogP contribution in [0.15, 0.2) is 34.1 Å². The van der Waals surface area contributed by atoms with Gasteiger partial charge in [0.15, 0.2) is 0 Å². The molecule has 5 nitrogen and oxygen atoms in total. The molecule has 0 aliphatic carbocycles. The van der Waals surface area contributed by atoms with Crippen molar-refractivity contribution in [1.82, 2.24) is 5.32 Å². The number of hydrogen-bond donors (Lipinski definition) is 2. The van der Waals surface area contributed by atoms with Gasteiger partial charge >= 0.3 is 0 Å². The van der Waals surface area contributed by atoms with E-state index in [1.165, 1.54) is 24.3 Å². The number of carbonyl (C=O) groups excluding carboxylic acids is 1. The zero-order valence-electron chi connectivity index (χ0n) is 8.78. The number of thioether (sulfide) groups is 1. The van der Waals surface area contributed by atoms with Gasteiger partial charge in [0.25, 0.3) is 16.0 Å². The summed E-state index contributed by atoms with van der Waals surface area (Å²) in [5.74, 6) is -0.379. The number of thiocarbonyl (C=S) groups is 1. The molecular weight excluding hydrogens is 294 g/mol. The maximum atomic E-state index is 11.5. The predicted octanol–water partition coefficient (Wildman–Crippen LogP) is 1.42. The van der Waals surface area contributed by atoms with Crippen LogP contribution in [0.2, 0.25) is 0 Å². The average Bonchev–Trinajstić information content (AvgIpc) is 2.57. The molecule has 1 aromatic rings. The van der Waals surface area contributed by atoms with Crippen LogP contribution >= 0.6 is 24.0 Å². The van der Waals surface area contributed by atoms with Crippen molar-refractivity contribution in [3.8, 4) is 0 Å². The van der Waals surface area contributed by atoms with Crippen LogP contribution in [0.3, 0.4) is 0 Å². The molecule has 1 aliphatic rings. The van der Waals surface area contributed by atoms with Gasteiger partial charge in [0.05, 0.1) is 4.91 Å². The lowest BCUT2D eigenvalue weighted by molar-refractivity contribution is -0.115. The minimum absolute atomic E-state index is 0.238. The Kier molecular flexibility index (Phi) is 3.53. The highest BCUT2D eigenvalue weighted by atomic mass is 32.2. The van der Waals surface area contributed by atoms with Gasteiger partial charge in [-0.3, -0.25) is 9.35 Å². The summed E-state index contributed by atoms with van der Waals surface area (Å²) in [4.78, 5) is 11.5. The highest BCUT2D eigenvalue weighted by molar-refractivity contribution is 8.26. The Morgan fingerprint density at radius 3 is 2.56 bits per heavy atom. The van der Waals surface area contributed by atoms with Crippen LogP contribution in [-0.4, -0.2) is 23.2 Å². The fourth-order valence-electron chi connectivity index (χ4n) is 1.40. The van der Waals surface area contributed by atoms with E-state index in [1.807, 2.05) is 0 Å². The Labute approximate surface area is 113 Å². The zero-order valence-corrected chi connectivity index (χ0v) is 11.2. The molecule has 0 aromatic heterocycles. The topological polar surface area (TPSA) is 83.5 Å². The molecular formula is C10H7NO4S3. The summed E-state index contributed by atoms with van der Waals surface area (Å²) in [5.41, 5.74) is 0.238. The van der Waals surface area contributed by atoms with E-state index in [0.717, 1.165) is 11.8 Å². The summed E-state index contributed by atoms with van der Waals surface area (Å²) in [6.07, 6.45) is 1.38. The van der Waals surface area contributed by atoms with Crippen molar-refractivity contribution in [2.45, 2.75) is 4.90 Å². The molecule has 0 bridgehead atoms. The number of rotatable bonds is 2. The Hall–Kier alpha value is -1.22. The van der Waals surface area contributed by atoms with E-state index in [2.05, 4.69) is 5.32 Å². The van der Waals surface area contributed by atoms with E-state index in [1.54, 1.807) is 6.07 Å². The van der Waals surface area contributed by atoms with Gasteiger partial charge in [-0.15, -0.1) is 0 Å². The fourth-order valence-corrected chi connectivity index (χ4v) is 3.11. The summed E-state index contributed by atoms with van der Waals surface area (Å²) in [6, 6.07) is 5.84. The Bertz CT molecular complexity index is 663. The second kappa shape index (κ2) is 4.81. The molecule has 1 amide bonds. The zero-order chi connectivity index (χ0) is 13.3. The Morgan fingerprint density at radius 1 is 1.33 bits per heavy atom. The standard InChI is InChI=1S/C10H7NO4S3/c12-9-7(17-10(16)11-9)5-6-3-1-2-4-8(6)18(13,14)15/h1-5H,(H,11,12,16)(H,13,14,15)/b7-5-. The molecule has 1 aromatic carbocycles. The van der Waals surface area contributed by atoms with Gasteiger partial charge in [0, 0.05) is 0 Å². The number of hydrogen-bond acceptors (Lipinski definition) is 5. The third-order valence-corrected chi connectivity index (χ3v) is 4.22. The van der Waals surface area contributed by atoms with Crippen LogP contribution in [0.25, 0.3) is 6.08 Å². The van der Waals surface area contributed by atoms with Crippen molar-refractivity contribution >= 4 is 50.4 Å². The minimum Gasteiger partial charge on any atom is -0.307 e. The van der Waals surface area contributed by atoms with Gasteiger partial charge in [-0.1, -0.05) is 42.2 Å². The molecule has 1 saturated heterocycles. The summed E-state index contributed by atoms with van der Waals surface area (Å²) in [5, 5.41) is 2.42. The lowest BCUT2D eigenvalue weighted by Gasteiger charge is -2.02. The van der Waals surface area contributed by atoms with Crippen molar-refractivity contribution in [3.63, 3.8) is 0 Å². The van der Waals surface area contributed by atoms with Crippen molar-refractivity contribution in [3.05, 3.63) is 34.7 Å². The Morgan fingerprint density at radius 2 is 2.00 bits per heavy atom. The molecule has 1 aliphatic heterocycles. The van der Waals surface area contributed by atoms with Gasteiger partial charge in [-0.2, -0.15) is 8.42 Å². The molecule has 94 valence electrons. The molecule has 2 N–H and O–H groups in total. The molecule has 18 heavy (non-hydrogen) atoms. The quantitative estimate of drug-likeness (QED) is 0.488. The first-order valence-corrected chi connectivity index (χ1v) is 7.36. The summed E-state index contributed by atoms with van der Waals surface area (Å²) in [6.45, 7) is 0. The molecule has 0 atom stereocenters. The number of amides is 1. The molecule has 0 saturated carbocycles. The molecule has 0 spiro atoms. The van der Waals surface area contributed by atoms with Gasteiger partial charge in [-0.05, 0) is 17.7 Å². The van der Waals surface area contributed by atoms with Gasteiger partial charge in [-0.25, -0.2) is 0 Å². The number of nitrogens with one attached hydrogen (secondary N) is 1. The van der Waals surface area contributed by atoms with Crippen LogP contribution in [-0.2, 0) is 14.9 Å². The second-order valence-corrected chi connectivity index (χ2v) is 6.47. The SMILES string of the molecule is O=C1NC(=S)S/C1=C\c1ccccc1S(=O)(=O)O. The lowest BCUT2D eigenvalue weighted by Crippen LogP contribution is -2.17. The smallest absolute Gasteiger partial charge is 0.295 e. The third kappa shape index (κ3) is 2.78. The van der Waals surface area contributed by atoms with E-state index in [4.69, 9.17) is 16.8 Å². The summed E-state index contributed by atoms with van der Waals surface area (Å²) >= 11 is 5.86.